The number of aryl methyl sites for hydroxylation is 1. The molecule has 0 N–H and O–H groups in total. The second-order valence-corrected chi connectivity index (χ2v) is 6.14. The third-order valence-electron chi connectivity index (χ3n) is 2.52. The number of alkyl halides is 1. The molecule has 17 heavy (non-hydrogen) atoms. The SMILES string of the molecule is CCCN(CCCl)S(=O)(=O)c1ccccc1C. The summed E-state index contributed by atoms with van der Waals surface area (Å²) in [6.45, 7) is 4.61. The lowest BCUT2D eigenvalue weighted by Crippen LogP contribution is -2.33. The van der Waals surface area contributed by atoms with Crippen LogP contribution in [0, 0.1) is 6.92 Å². The smallest absolute Gasteiger partial charge is 0.207 e. The minimum atomic E-state index is -3.41. The van der Waals surface area contributed by atoms with Crippen LogP contribution in [0.5, 0.6) is 0 Å². The van der Waals surface area contributed by atoms with E-state index in [9.17, 15) is 8.42 Å². The van der Waals surface area contributed by atoms with E-state index in [1.807, 2.05) is 13.0 Å². The molecule has 0 saturated heterocycles. The zero-order valence-electron chi connectivity index (χ0n) is 10.2. The van der Waals surface area contributed by atoms with Crippen molar-refractivity contribution >= 4 is 21.6 Å². The fraction of sp³-hybridized carbons (Fsp3) is 0.500. The molecule has 1 rings (SSSR count). The normalized spacial score (nSPS) is 12.0. The Kier molecular flexibility index (Phi) is 5.43. The van der Waals surface area contributed by atoms with Crippen molar-refractivity contribution in [3.63, 3.8) is 0 Å². The monoisotopic (exact) mass is 275 g/mol. The third-order valence-corrected chi connectivity index (χ3v) is 4.75. The fourth-order valence-corrected chi connectivity index (χ4v) is 3.74. The maximum atomic E-state index is 12.4. The first-order valence-electron chi connectivity index (χ1n) is 5.65. The van der Waals surface area contributed by atoms with Gasteiger partial charge in [0.15, 0.2) is 0 Å². The first-order chi connectivity index (χ1) is 8.04. The van der Waals surface area contributed by atoms with Gasteiger partial charge in [-0.05, 0) is 25.0 Å². The van der Waals surface area contributed by atoms with Crippen LogP contribution in [0.3, 0.4) is 0 Å². The van der Waals surface area contributed by atoms with Crippen molar-refractivity contribution in [2.75, 3.05) is 19.0 Å². The molecule has 0 spiro atoms. The number of nitrogens with zero attached hydrogens (tertiary/aromatic N) is 1. The standard InChI is InChI=1S/C12H18ClNO2S/c1-3-9-14(10-8-13)17(15,16)12-7-5-4-6-11(12)2/h4-7H,3,8-10H2,1-2H3. The Balaban J connectivity index is 3.12. The van der Waals surface area contributed by atoms with Gasteiger partial charge in [0.1, 0.15) is 0 Å². The van der Waals surface area contributed by atoms with Crippen LogP contribution in [-0.2, 0) is 10.0 Å². The Morgan fingerprint density at radius 2 is 1.88 bits per heavy atom. The molecule has 0 heterocycles. The topological polar surface area (TPSA) is 37.4 Å². The predicted octanol–water partition coefficient (Wildman–Crippen LogP) is 2.63. The molecule has 0 unspecified atom stereocenters. The first kappa shape index (κ1) is 14.5. The lowest BCUT2D eigenvalue weighted by Gasteiger charge is -2.21. The maximum Gasteiger partial charge on any atom is 0.243 e. The lowest BCUT2D eigenvalue weighted by molar-refractivity contribution is 0.428. The molecule has 0 aliphatic carbocycles. The van der Waals surface area contributed by atoms with Crippen LogP contribution < -0.4 is 0 Å². The maximum absolute atomic E-state index is 12.4. The Labute approximate surface area is 108 Å². The van der Waals surface area contributed by atoms with Crippen LogP contribution >= 0.6 is 11.6 Å². The molecule has 0 aliphatic rings. The average molecular weight is 276 g/mol. The average Bonchev–Trinajstić information content (AvgIpc) is 2.29. The predicted molar refractivity (Wildman–Crippen MR) is 70.9 cm³/mol. The molecule has 0 aromatic heterocycles. The number of rotatable bonds is 6. The zero-order chi connectivity index (χ0) is 12.9. The van der Waals surface area contributed by atoms with Crippen LogP contribution in [-0.4, -0.2) is 31.7 Å². The van der Waals surface area contributed by atoms with Crippen molar-refractivity contribution < 1.29 is 8.42 Å². The summed E-state index contributed by atoms with van der Waals surface area (Å²) in [6.07, 6.45) is 0.780. The zero-order valence-corrected chi connectivity index (χ0v) is 11.8. The van der Waals surface area contributed by atoms with Crippen molar-refractivity contribution in [3.8, 4) is 0 Å². The number of hydrogen-bond donors (Lipinski definition) is 0. The van der Waals surface area contributed by atoms with Crippen molar-refractivity contribution in [2.24, 2.45) is 0 Å². The molecule has 0 bridgehead atoms. The molecular weight excluding hydrogens is 258 g/mol. The van der Waals surface area contributed by atoms with Gasteiger partial charge < -0.3 is 0 Å². The number of sulfonamides is 1. The summed E-state index contributed by atoms with van der Waals surface area (Å²) in [5.74, 6) is 0.311. The van der Waals surface area contributed by atoms with Crippen molar-refractivity contribution in [1.82, 2.24) is 4.31 Å². The molecular formula is C12H18ClNO2S. The Morgan fingerprint density at radius 3 is 2.41 bits per heavy atom. The summed E-state index contributed by atoms with van der Waals surface area (Å²) in [5, 5.41) is 0. The van der Waals surface area contributed by atoms with E-state index < -0.39 is 10.0 Å². The molecule has 5 heteroatoms. The highest BCUT2D eigenvalue weighted by atomic mass is 35.5. The quantitative estimate of drug-likeness (QED) is 0.749. The Hall–Kier alpha value is -0.580. The van der Waals surface area contributed by atoms with Crippen LogP contribution in [0.15, 0.2) is 29.2 Å². The summed E-state index contributed by atoms with van der Waals surface area (Å²) in [6, 6.07) is 7.02. The van der Waals surface area contributed by atoms with Crippen molar-refractivity contribution in [2.45, 2.75) is 25.2 Å². The highest BCUT2D eigenvalue weighted by molar-refractivity contribution is 7.89. The van der Waals surface area contributed by atoms with E-state index >= 15 is 0 Å². The molecule has 0 atom stereocenters. The van der Waals surface area contributed by atoms with Crippen LogP contribution in [0.1, 0.15) is 18.9 Å². The minimum absolute atomic E-state index is 0.311. The summed E-state index contributed by atoms with van der Waals surface area (Å²) >= 11 is 5.66. The van der Waals surface area contributed by atoms with Crippen LogP contribution in [0.4, 0.5) is 0 Å². The van der Waals surface area contributed by atoms with Gasteiger partial charge >= 0.3 is 0 Å². The number of hydrogen-bond acceptors (Lipinski definition) is 2. The van der Waals surface area contributed by atoms with E-state index in [2.05, 4.69) is 0 Å². The molecule has 1 aromatic rings. The molecule has 3 nitrogen and oxygen atoms in total. The van der Waals surface area contributed by atoms with Gasteiger partial charge in [-0.1, -0.05) is 25.1 Å². The van der Waals surface area contributed by atoms with Crippen LogP contribution in [0.25, 0.3) is 0 Å². The van der Waals surface area contributed by atoms with E-state index in [0.29, 0.717) is 23.9 Å². The third kappa shape index (κ3) is 3.44. The van der Waals surface area contributed by atoms with Crippen molar-refractivity contribution in [1.29, 1.82) is 0 Å². The molecule has 0 aliphatic heterocycles. The van der Waals surface area contributed by atoms with E-state index in [4.69, 9.17) is 11.6 Å². The van der Waals surface area contributed by atoms with Gasteiger partial charge in [0.2, 0.25) is 10.0 Å². The molecule has 0 radical (unpaired) electrons. The van der Waals surface area contributed by atoms with Gasteiger partial charge in [-0.15, -0.1) is 11.6 Å². The fourth-order valence-electron chi connectivity index (χ4n) is 1.68. The molecule has 96 valence electrons. The van der Waals surface area contributed by atoms with Gasteiger partial charge in [-0.2, -0.15) is 4.31 Å². The van der Waals surface area contributed by atoms with E-state index in [1.54, 1.807) is 25.1 Å². The van der Waals surface area contributed by atoms with Gasteiger partial charge in [-0.25, -0.2) is 8.42 Å². The first-order valence-corrected chi connectivity index (χ1v) is 7.63. The Bertz CT molecular complexity index is 453. The number of benzene rings is 1. The molecule has 1 aromatic carbocycles. The summed E-state index contributed by atoms with van der Waals surface area (Å²) < 4.78 is 26.2. The van der Waals surface area contributed by atoms with Gasteiger partial charge in [0.25, 0.3) is 0 Å². The summed E-state index contributed by atoms with van der Waals surface area (Å²) in [4.78, 5) is 0.374. The van der Waals surface area contributed by atoms with E-state index in [-0.39, 0.29) is 0 Å². The second kappa shape index (κ2) is 6.38. The molecule has 0 fully saturated rings. The molecule has 0 amide bonds. The second-order valence-electron chi connectivity index (χ2n) is 3.86. The highest BCUT2D eigenvalue weighted by Crippen LogP contribution is 2.19. The van der Waals surface area contributed by atoms with Gasteiger partial charge in [0, 0.05) is 19.0 Å². The summed E-state index contributed by atoms with van der Waals surface area (Å²) in [7, 11) is -3.41. The van der Waals surface area contributed by atoms with Crippen molar-refractivity contribution in [3.05, 3.63) is 29.8 Å². The Morgan fingerprint density at radius 1 is 1.24 bits per heavy atom. The lowest BCUT2D eigenvalue weighted by atomic mass is 10.2. The van der Waals surface area contributed by atoms with E-state index in [0.717, 1.165) is 12.0 Å². The number of halogens is 1. The van der Waals surface area contributed by atoms with Gasteiger partial charge in [-0.3, -0.25) is 0 Å². The van der Waals surface area contributed by atoms with Gasteiger partial charge in [0.05, 0.1) is 4.90 Å². The highest BCUT2D eigenvalue weighted by Gasteiger charge is 2.24. The molecule has 0 saturated carbocycles. The summed E-state index contributed by atoms with van der Waals surface area (Å²) in [5.41, 5.74) is 0.767. The largest absolute Gasteiger partial charge is 0.243 e. The van der Waals surface area contributed by atoms with E-state index in [1.165, 1.54) is 4.31 Å². The minimum Gasteiger partial charge on any atom is -0.207 e. The van der Waals surface area contributed by atoms with Crippen LogP contribution in [0.2, 0.25) is 0 Å².